The number of hydrogen-bond acceptors (Lipinski definition) is 2. The molecular formula is C15H22O3. The molecule has 0 amide bonds. The summed E-state index contributed by atoms with van der Waals surface area (Å²) < 4.78 is 0. The predicted molar refractivity (Wildman–Crippen MR) is 72.2 cm³/mol. The van der Waals surface area contributed by atoms with Crippen LogP contribution in [0.1, 0.15) is 49.2 Å². The van der Waals surface area contributed by atoms with Crippen LogP contribution in [0.3, 0.4) is 0 Å². The predicted octanol–water partition coefficient (Wildman–Crippen LogP) is 3.49. The highest BCUT2D eigenvalue weighted by Crippen LogP contribution is 2.29. The number of rotatable bonds is 5. The van der Waals surface area contributed by atoms with Crippen LogP contribution in [-0.2, 0) is 12.8 Å². The van der Waals surface area contributed by atoms with E-state index in [0.717, 1.165) is 11.1 Å². The summed E-state index contributed by atoms with van der Waals surface area (Å²) >= 11 is 0. The van der Waals surface area contributed by atoms with Crippen molar-refractivity contribution in [3.8, 4) is 5.75 Å². The maximum absolute atomic E-state index is 11.1. The average molecular weight is 250 g/mol. The summed E-state index contributed by atoms with van der Waals surface area (Å²) in [6, 6.07) is 3.17. The van der Waals surface area contributed by atoms with Crippen LogP contribution in [0.15, 0.2) is 12.1 Å². The first-order chi connectivity index (χ1) is 8.31. The van der Waals surface area contributed by atoms with Gasteiger partial charge in [0.1, 0.15) is 5.75 Å². The summed E-state index contributed by atoms with van der Waals surface area (Å²) in [4.78, 5) is 11.1. The van der Waals surface area contributed by atoms with Crippen LogP contribution in [0.25, 0.3) is 0 Å². The van der Waals surface area contributed by atoms with E-state index in [1.54, 1.807) is 12.1 Å². The lowest BCUT2D eigenvalue weighted by atomic mass is 9.93. The van der Waals surface area contributed by atoms with E-state index in [2.05, 4.69) is 27.7 Å². The highest BCUT2D eigenvalue weighted by molar-refractivity contribution is 5.88. The molecule has 0 aliphatic rings. The minimum atomic E-state index is -0.940. The average Bonchev–Trinajstić information content (AvgIpc) is 2.22. The second-order valence-electron chi connectivity index (χ2n) is 5.64. The number of aromatic carboxylic acids is 1. The molecule has 0 saturated heterocycles. The Balaban J connectivity index is 3.23. The van der Waals surface area contributed by atoms with Crippen LogP contribution >= 0.6 is 0 Å². The molecule has 0 unspecified atom stereocenters. The number of hydrogen-bond donors (Lipinski definition) is 2. The SMILES string of the molecule is CC(C)Cc1cc(C(=O)O)cc(CC(C)C)c1O. The third-order valence-corrected chi connectivity index (χ3v) is 2.77. The summed E-state index contributed by atoms with van der Waals surface area (Å²) in [5.41, 5.74) is 1.74. The van der Waals surface area contributed by atoms with Gasteiger partial charge in [0.05, 0.1) is 5.56 Å². The molecule has 2 N–H and O–H groups in total. The molecule has 0 bridgehead atoms. The molecule has 18 heavy (non-hydrogen) atoms. The van der Waals surface area contributed by atoms with Crippen LogP contribution in [0.5, 0.6) is 5.75 Å². The summed E-state index contributed by atoms with van der Waals surface area (Å²) in [6.45, 7) is 8.20. The van der Waals surface area contributed by atoms with Gasteiger partial charge in [-0.25, -0.2) is 4.79 Å². The van der Waals surface area contributed by atoms with Crippen molar-refractivity contribution in [1.29, 1.82) is 0 Å². The van der Waals surface area contributed by atoms with Gasteiger partial charge in [-0.1, -0.05) is 27.7 Å². The number of carboxylic acid groups (broad SMARTS) is 1. The minimum Gasteiger partial charge on any atom is -0.507 e. The minimum absolute atomic E-state index is 0.263. The molecule has 0 heterocycles. The Hall–Kier alpha value is -1.51. The summed E-state index contributed by atoms with van der Waals surface area (Å²) in [5.74, 6) is 0.0890. The summed E-state index contributed by atoms with van der Waals surface area (Å²) in [6.07, 6.45) is 1.39. The smallest absolute Gasteiger partial charge is 0.335 e. The number of carboxylic acids is 1. The standard InChI is InChI=1S/C15H22O3/c1-9(2)5-11-7-13(15(17)18)8-12(14(11)16)6-10(3)4/h7-10,16H,5-6H2,1-4H3,(H,17,18). The number of aromatic hydroxyl groups is 1. The topological polar surface area (TPSA) is 57.5 Å². The van der Waals surface area contributed by atoms with Gasteiger partial charge >= 0.3 is 5.97 Å². The van der Waals surface area contributed by atoms with Crippen LogP contribution < -0.4 is 0 Å². The number of benzene rings is 1. The van der Waals surface area contributed by atoms with Crippen molar-refractivity contribution in [1.82, 2.24) is 0 Å². The fourth-order valence-electron chi connectivity index (χ4n) is 2.07. The third kappa shape index (κ3) is 3.76. The fourth-order valence-corrected chi connectivity index (χ4v) is 2.07. The maximum Gasteiger partial charge on any atom is 0.335 e. The summed E-state index contributed by atoms with van der Waals surface area (Å²) in [5, 5.41) is 19.3. The van der Waals surface area contributed by atoms with E-state index in [4.69, 9.17) is 5.11 Å². The highest BCUT2D eigenvalue weighted by atomic mass is 16.4. The molecule has 1 aromatic carbocycles. The molecular weight excluding hydrogens is 228 g/mol. The first-order valence-electron chi connectivity index (χ1n) is 6.39. The monoisotopic (exact) mass is 250 g/mol. The lowest BCUT2D eigenvalue weighted by molar-refractivity contribution is 0.0696. The molecule has 0 radical (unpaired) electrons. The Labute approximate surface area is 108 Å². The van der Waals surface area contributed by atoms with Crippen LogP contribution in [0, 0.1) is 11.8 Å². The first kappa shape index (κ1) is 14.6. The normalized spacial score (nSPS) is 11.2. The van der Waals surface area contributed by atoms with Crippen LogP contribution in [0.4, 0.5) is 0 Å². The van der Waals surface area contributed by atoms with Crippen molar-refractivity contribution >= 4 is 5.97 Å². The number of phenols is 1. The van der Waals surface area contributed by atoms with E-state index in [9.17, 15) is 9.90 Å². The molecule has 1 rings (SSSR count). The van der Waals surface area contributed by atoms with Crippen molar-refractivity contribution < 1.29 is 15.0 Å². The van der Waals surface area contributed by atoms with Gasteiger partial charge in [-0.2, -0.15) is 0 Å². The van der Waals surface area contributed by atoms with E-state index >= 15 is 0 Å². The molecule has 0 aliphatic carbocycles. The Bertz CT molecular complexity index is 402. The van der Waals surface area contributed by atoms with Gasteiger partial charge in [0.15, 0.2) is 0 Å². The first-order valence-corrected chi connectivity index (χ1v) is 6.39. The summed E-state index contributed by atoms with van der Waals surface area (Å²) in [7, 11) is 0. The van der Waals surface area contributed by atoms with Crippen LogP contribution in [0.2, 0.25) is 0 Å². The second-order valence-corrected chi connectivity index (χ2v) is 5.64. The zero-order valence-corrected chi connectivity index (χ0v) is 11.5. The number of phenolic OH excluding ortho intramolecular Hbond substituents is 1. The van der Waals surface area contributed by atoms with Gasteiger partial charge in [-0.15, -0.1) is 0 Å². The lowest BCUT2D eigenvalue weighted by Crippen LogP contribution is -2.05. The van der Waals surface area contributed by atoms with Gasteiger partial charge in [0.25, 0.3) is 0 Å². The second kappa shape index (κ2) is 5.89. The van der Waals surface area contributed by atoms with Gasteiger partial charge < -0.3 is 10.2 Å². The Morgan fingerprint density at radius 2 is 1.44 bits per heavy atom. The zero-order chi connectivity index (χ0) is 13.9. The Morgan fingerprint density at radius 3 is 1.72 bits per heavy atom. The molecule has 0 saturated carbocycles. The van der Waals surface area contributed by atoms with Gasteiger partial charge in [-0.05, 0) is 47.9 Å². The van der Waals surface area contributed by atoms with Crippen LogP contribution in [-0.4, -0.2) is 16.2 Å². The molecule has 0 spiro atoms. The molecule has 0 atom stereocenters. The Morgan fingerprint density at radius 1 is 1.06 bits per heavy atom. The van der Waals surface area contributed by atoms with E-state index in [-0.39, 0.29) is 11.3 Å². The molecule has 3 heteroatoms. The van der Waals surface area contributed by atoms with Crippen molar-refractivity contribution in [2.75, 3.05) is 0 Å². The van der Waals surface area contributed by atoms with Gasteiger partial charge in [0, 0.05) is 0 Å². The zero-order valence-electron chi connectivity index (χ0n) is 11.5. The Kier molecular flexibility index (Phi) is 4.76. The number of carbonyl (C=O) groups is 1. The molecule has 0 fully saturated rings. The van der Waals surface area contributed by atoms with E-state index in [1.807, 2.05) is 0 Å². The molecule has 0 aliphatic heterocycles. The largest absolute Gasteiger partial charge is 0.507 e. The van der Waals surface area contributed by atoms with Gasteiger partial charge in [-0.3, -0.25) is 0 Å². The van der Waals surface area contributed by atoms with Crippen molar-refractivity contribution in [2.24, 2.45) is 11.8 Å². The maximum atomic E-state index is 11.1. The van der Waals surface area contributed by atoms with Crippen molar-refractivity contribution in [2.45, 2.75) is 40.5 Å². The van der Waals surface area contributed by atoms with Crippen molar-refractivity contribution in [3.05, 3.63) is 28.8 Å². The highest BCUT2D eigenvalue weighted by Gasteiger charge is 2.15. The molecule has 100 valence electrons. The van der Waals surface area contributed by atoms with Gasteiger partial charge in [0.2, 0.25) is 0 Å². The molecule has 0 aromatic heterocycles. The van der Waals surface area contributed by atoms with E-state index in [1.165, 1.54) is 0 Å². The fraction of sp³-hybridized carbons (Fsp3) is 0.533. The molecule has 1 aromatic rings. The van der Waals surface area contributed by atoms with Crippen molar-refractivity contribution in [3.63, 3.8) is 0 Å². The van der Waals surface area contributed by atoms with E-state index < -0.39 is 5.97 Å². The molecule has 3 nitrogen and oxygen atoms in total. The quantitative estimate of drug-likeness (QED) is 0.841. The third-order valence-electron chi connectivity index (χ3n) is 2.77. The van der Waals surface area contributed by atoms with E-state index in [0.29, 0.717) is 24.7 Å². The lowest BCUT2D eigenvalue weighted by Gasteiger charge is -2.14.